The first-order valence-corrected chi connectivity index (χ1v) is 9.30. The fourth-order valence-electron chi connectivity index (χ4n) is 3.40. The number of carbonyl (C=O) groups is 1. The van der Waals surface area contributed by atoms with Crippen molar-refractivity contribution >= 4 is 5.91 Å². The number of ether oxygens (including phenoxy) is 3. The van der Waals surface area contributed by atoms with Crippen LogP contribution in [0.3, 0.4) is 0 Å². The quantitative estimate of drug-likeness (QED) is 0.623. The molecule has 0 bridgehead atoms. The fourth-order valence-corrected chi connectivity index (χ4v) is 3.40. The number of carbonyl (C=O) groups excluding carboxylic acids is 1. The largest absolute Gasteiger partial charge is 0.485 e. The SMILES string of the molecule is C=CCOc1cc(CC(N)=O)cc2c1OC(c1ccccc1)(c1ccccc1)O2. The molecule has 5 nitrogen and oxygen atoms in total. The topological polar surface area (TPSA) is 70.8 Å². The van der Waals surface area contributed by atoms with Gasteiger partial charge in [-0.2, -0.15) is 0 Å². The minimum atomic E-state index is -1.16. The van der Waals surface area contributed by atoms with Crippen LogP contribution in [0.15, 0.2) is 85.5 Å². The summed E-state index contributed by atoms with van der Waals surface area (Å²) < 4.78 is 18.7. The molecule has 1 aliphatic rings. The fraction of sp³-hybridized carbons (Fsp3) is 0.125. The molecule has 0 spiro atoms. The van der Waals surface area contributed by atoms with E-state index in [4.69, 9.17) is 19.9 Å². The van der Waals surface area contributed by atoms with Gasteiger partial charge in [0.1, 0.15) is 6.61 Å². The number of rotatable bonds is 7. The van der Waals surface area contributed by atoms with Crippen molar-refractivity contribution in [3.05, 3.63) is 102 Å². The number of amides is 1. The van der Waals surface area contributed by atoms with Crippen LogP contribution in [0.25, 0.3) is 0 Å². The summed E-state index contributed by atoms with van der Waals surface area (Å²) in [4.78, 5) is 11.5. The Labute approximate surface area is 169 Å². The molecule has 4 rings (SSSR count). The summed E-state index contributed by atoms with van der Waals surface area (Å²) in [6, 6.07) is 22.9. The Morgan fingerprint density at radius 2 is 1.62 bits per heavy atom. The Hall–Kier alpha value is -3.73. The highest BCUT2D eigenvalue weighted by atomic mass is 16.7. The van der Waals surface area contributed by atoms with Crippen molar-refractivity contribution in [2.45, 2.75) is 12.2 Å². The molecule has 29 heavy (non-hydrogen) atoms. The van der Waals surface area contributed by atoms with E-state index in [0.717, 1.165) is 11.1 Å². The number of primary amides is 1. The molecule has 1 amide bonds. The van der Waals surface area contributed by atoms with Crippen LogP contribution in [0.1, 0.15) is 16.7 Å². The van der Waals surface area contributed by atoms with E-state index in [1.807, 2.05) is 60.7 Å². The minimum Gasteiger partial charge on any atom is -0.485 e. The van der Waals surface area contributed by atoms with Gasteiger partial charge in [0.25, 0.3) is 0 Å². The normalized spacial score (nSPS) is 13.7. The van der Waals surface area contributed by atoms with Crippen LogP contribution >= 0.6 is 0 Å². The van der Waals surface area contributed by atoms with E-state index >= 15 is 0 Å². The van der Waals surface area contributed by atoms with Crippen LogP contribution in [0.5, 0.6) is 17.2 Å². The maximum Gasteiger partial charge on any atom is 0.305 e. The van der Waals surface area contributed by atoms with Gasteiger partial charge in [0.15, 0.2) is 11.5 Å². The second kappa shape index (κ2) is 7.72. The average Bonchev–Trinajstić information content (AvgIpc) is 3.14. The van der Waals surface area contributed by atoms with Gasteiger partial charge < -0.3 is 19.9 Å². The van der Waals surface area contributed by atoms with E-state index in [-0.39, 0.29) is 6.42 Å². The lowest BCUT2D eigenvalue weighted by atomic mass is 9.97. The summed E-state index contributed by atoms with van der Waals surface area (Å²) in [5, 5.41) is 0. The maximum atomic E-state index is 11.5. The molecule has 5 heteroatoms. The average molecular weight is 387 g/mol. The molecule has 3 aromatic carbocycles. The summed E-state index contributed by atoms with van der Waals surface area (Å²) in [5.74, 6) is -0.144. The van der Waals surface area contributed by atoms with E-state index in [1.54, 1.807) is 18.2 Å². The van der Waals surface area contributed by atoms with Crippen LogP contribution in [-0.2, 0) is 17.0 Å². The Morgan fingerprint density at radius 3 is 2.17 bits per heavy atom. The van der Waals surface area contributed by atoms with Gasteiger partial charge in [-0.25, -0.2) is 0 Å². The molecular formula is C24H21NO4. The van der Waals surface area contributed by atoms with E-state index in [0.29, 0.717) is 29.4 Å². The Bertz CT molecular complexity index is 992. The van der Waals surface area contributed by atoms with Gasteiger partial charge in [0.05, 0.1) is 6.42 Å². The van der Waals surface area contributed by atoms with Gasteiger partial charge in [-0.05, 0) is 17.7 Å². The zero-order valence-electron chi connectivity index (χ0n) is 15.8. The third-order valence-corrected chi connectivity index (χ3v) is 4.62. The first kappa shape index (κ1) is 18.6. The van der Waals surface area contributed by atoms with Gasteiger partial charge >= 0.3 is 5.79 Å². The Morgan fingerprint density at radius 1 is 1.00 bits per heavy atom. The van der Waals surface area contributed by atoms with E-state index in [2.05, 4.69) is 6.58 Å². The van der Waals surface area contributed by atoms with Gasteiger partial charge in [-0.15, -0.1) is 0 Å². The van der Waals surface area contributed by atoms with E-state index in [9.17, 15) is 4.79 Å². The van der Waals surface area contributed by atoms with Crippen molar-refractivity contribution in [3.8, 4) is 17.2 Å². The third kappa shape index (κ3) is 3.55. The van der Waals surface area contributed by atoms with Gasteiger partial charge in [0.2, 0.25) is 11.7 Å². The number of hydrogen-bond donors (Lipinski definition) is 1. The minimum absolute atomic E-state index is 0.0742. The first-order valence-electron chi connectivity index (χ1n) is 9.30. The van der Waals surface area contributed by atoms with Crippen molar-refractivity contribution in [1.29, 1.82) is 0 Å². The molecule has 0 saturated heterocycles. The summed E-state index contributed by atoms with van der Waals surface area (Å²) >= 11 is 0. The molecule has 0 aliphatic carbocycles. The maximum absolute atomic E-state index is 11.5. The summed E-state index contributed by atoms with van der Waals surface area (Å²) in [5.41, 5.74) is 7.76. The number of nitrogens with two attached hydrogens (primary N) is 1. The second-order valence-electron chi connectivity index (χ2n) is 6.72. The molecule has 0 atom stereocenters. The lowest BCUT2D eigenvalue weighted by Gasteiger charge is -2.28. The standard InChI is InChI=1S/C24H21NO4/c1-2-13-27-20-14-17(16-22(25)26)15-21-23(20)29-24(28-21,18-9-5-3-6-10-18)19-11-7-4-8-12-19/h2-12,14-15H,1,13,16H2,(H2,25,26). The summed E-state index contributed by atoms with van der Waals surface area (Å²) in [6.07, 6.45) is 1.72. The van der Waals surface area contributed by atoms with Crippen molar-refractivity contribution in [1.82, 2.24) is 0 Å². The number of fused-ring (bicyclic) bond motifs is 1. The third-order valence-electron chi connectivity index (χ3n) is 4.62. The summed E-state index contributed by atoms with van der Waals surface area (Å²) in [7, 11) is 0. The zero-order valence-corrected chi connectivity index (χ0v) is 15.8. The van der Waals surface area contributed by atoms with Crippen molar-refractivity contribution in [2.24, 2.45) is 5.73 Å². The summed E-state index contributed by atoms with van der Waals surface area (Å²) in [6.45, 7) is 3.98. The van der Waals surface area contributed by atoms with Crippen molar-refractivity contribution < 1.29 is 19.0 Å². The van der Waals surface area contributed by atoms with Crippen molar-refractivity contribution in [3.63, 3.8) is 0 Å². The van der Waals surface area contributed by atoms with Gasteiger partial charge in [-0.1, -0.05) is 73.3 Å². The zero-order chi connectivity index (χ0) is 20.3. The molecule has 3 aromatic rings. The van der Waals surface area contributed by atoms with Gasteiger partial charge in [0, 0.05) is 11.1 Å². The highest BCUT2D eigenvalue weighted by Gasteiger charge is 2.46. The van der Waals surface area contributed by atoms with Crippen molar-refractivity contribution in [2.75, 3.05) is 6.61 Å². The number of hydrogen-bond acceptors (Lipinski definition) is 4. The molecule has 2 N–H and O–H groups in total. The lowest BCUT2D eigenvalue weighted by Crippen LogP contribution is -2.36. The molecule has 0 fully saturated rings. The van der Waals surface area contributed by atoms with Crippen LogP contribution in [-0.4, -0.2) is 12.5 Å². The van der Waals surface area contributed by atoms with Crippen LogP contribution in [0.4, 0.5) is 0 Å². The molecule has 0 unspecified atom stereocenters. The second-order valence-corrected chi connectivity index (χ2v) is 6.72. The van der Waals surface area contributed by atoms with Crippen LogP contribution in [0.2, 0.25) is 0 Å². The molecule has 1 aliphatic heterocycles. The highest BCUT2D eigenvalue weighted by molar-refractivity contribution is 5.77. The molecular weight excluding hydrogens is 366 g/mol. The van der Waals surface area contributed by atoms with E-state index in [1.165, 1.54) is 0 Å². The Balaban J connectivity index is 1.85. The number of benzene rings is 3. The predicted octanol–water partition coefficient (Wildman–Crippen LogP) is 3.95. The van der Waals surface area contributed by atoms with Crippen LogP contribution < -0.4 is 19.9 Å². The first-order chi connectivity index (χ1) is 14.1. The van der Waals surface area contributed by atoms with Gasteiger partial charge in [-0.3, -0.25) is 4.79 Å². The molecule has 0 radical (unpaired) electrons. The molecule has 0 aromatic heterocycles. The molecule has 0 saturated carbocycles. The monoisotopic (exact) mass is 387 g/mol. The highest BCUT2D eigenvalue weighted by Crippen LogP contribution is 2.52. The molecule has 146 valence electrons. The smallest absolute Gasteiger partial charge is 0.305 e. The Kier molecular flexibility index (Phi) is 4.96. The lowest BCUT2D eigenvalue weighted by molar-refractivity contribution is -0.117. The van der Waals surface area contributed by atoms with E-state index < -0.39 is 11.7 Å². The predicted molar refractivity (Wildman–Crippen MR) is 110 cm³/mol. The van der Waals surface area contributed by atoms with Crippen LogP contribution in [0, 0.1) is 0 Å². The molecule has 1 heterocycles.